The Bertz CT molecular complexity index is 288. The van der Waals surface area contributed by atoms with Gasteiger partial charge in [0.25, 0.3) is 0 Å². The van der Waals surface area contributed by atoms with Crippen molar-refractivity contribution >= 4 is 11.0 Å². The molecule has 0 atom stereocenters. The van der Waals surface area contributed by atoms with E-state index in [0.717, 1.165) is 11.0 Å². The molecule has 0 saturated heterocycles. The van der Waals surface area contributed by atoms with Gasteiger partial charge >= 0.3 is 0 Å². The van der Waals surface area contributed by atoms with Gasteiger partial charge in [-0.2, -0.15) is 0 Å². The molecule has 0 unspecified atom stereocenters. The van der Waals surface area contributed by atoms with E-state index in [1.165, 1.54) is 0 Å². The van der Waals surface area contributed by atoms with E-state index in [1.54, 1.807) is 6.33 Å². The maximum absolute atomic E-state index is 6.50. The summed E-state index contributed by atoms with van der Waals surface area (Å²) in [4.78, 5) is 7.07. The van der Waals surface area contributed by atoms with E-state index in [-0.39, 0.29) is 0 Å². The number of hydrogen-bond donors (Lipinski definition) is 3. The molecule has 4 nitrogen and oxygen atoms in total. The highest BCUT2D eigenvalue weighted by Gasteiger charge is 1.88. The molecule has 0 radical (unpaired) electrons. The second-order valence-electron chi connectivity index (χ2n) is 1.92. The second-order valence-corrected chi connectivity index (χ2v) is 1.92. The predicted molar refractivity (Wildman–Crippen MR) is 42.1 cm³/mol. The Morgan fingerprint density at radius 1 is 1.27 bits per heavy atom. The summed E-state index contributed by atoms with van der Waals surface area (Å²) in [5.41, 5.74) is 2.12. The number of imidazole rings is 1. The quantitative estimate of drug-likeness (QED) is 0.489. The molecule has 0 bridgehead atoms. The van der Waals surface area contributed by atoms with Gasteiger partial charge in [0.15, 0.2) is 0 Å². The summed E-state index contributed by atoms with van der Waals surface area (Å²) >= 11 is 0. The molecule has 11 heavy (non-hydrogen) atoms. The van der Waals surface area contributed by atoms with Gasteiger partial charge in [0.2, 0.25) is 0 Å². The molecule has 0 amide bonds. The fourth-order valence-electron chi connectivity index (χ4n) is 0.880. The largest absolute Gasteiger partial charge is 0.345 e. The summed E-state index contributed by atoms with van der Waals surface area (Å²) in [6.07, 6.45) is 1.70. The minimum absolute atomic E-state index is 1.03. The number of rotatable bonds is 0. The Morgan fingerprint density at radius 3 is 2.73 bits per heavy atom. The maximum atomic E-state index is 6.50. The summed E-state index contributed by atoms with van der Waals surface area (Å²) in [7, 11) is 0. The number of aromatic nitrogens is 2. The number of hydrogen-bond acceptors (Lipinski definition) is 3. The molecule has 0 aliphatic rings. The van der Waals surface area contributed by atoms with E-state index >= 15 is 0 Å². The first-order chi connectivity index (χ1) is 5.47. The predicted octanol–water partition coefficient (Wildman–Crippen LogP) is 0.897. The van der Waals surface area contributed by atoms with Crippen LogP contribution in [0.4, 0.5) is 0 Å². The van der Waals surface area contributed by atoms with Crippen molar-refractivity contribution < 1.29 is 5.21 Å². The third-order valence-corrected chi connectivity index (χ3v) is 1.33. The van der Waals surface area contributed by atoms with Crippen molar-refractivity contribution in [3.8, 4) is 0 Å². The van der Waals surface area contributed by atoms with Crippen molar-refractivity contribution in [1.29, 1.82) is 0 Å². The lowest BCUT2D eigenvalue weighted by atomic mass is 10.3. The fraction of sp³-hybridized carbons (Fsp3) is 0. The van der Waals surface area contributed by atoms with Crippen LogP contribution in [0.25, 0.3) is 11.0 Å². The lowest BCUT2D eigenvalue weighted by molar-refractivity contribution is 0.311. The van der Waals surface area contributed by atoms with Gasteiger partial charge in [0, 0.05) is 0 Å². The van der Waals surface area contributed by atoms with Crippen LogP contribution in [0.1, 0.15) is 0 Å². The Kier molecular flexibility index (Phi) is 2.59. The van der Waals surface area contributed by atoms with Gasteiger partial charge in [-0.3, -0.25) is 0 Å². The summed E-state index contributed by atoms with van der Waals surface area (Å²) in [6.45, 7) is 0. The van der Waals surface area contributed by atoms with Crippen LogP contribution in [-0.4, -0.2) is 15.2 Å². The lowest BCUT2D eigenvalue weighted by Gasteiger charge is -1.81. The van der Waals surface area contributed by atoms with E-state index in [9.17, 15) is 0 Å². The first kappa shape index (κ1) is 7.71. The number of para-hydroxylation sites is 2. The van der Waals surface area contributed by atoms with E-state index < -0.39 is 0 Å². The van der Waals surface area contributed by atoms with Gasteiger partial charge in [-0.15, -0.1) is 0 Å². The van der Waals surface area contributed by atoms with Gasteiger partial charge < -0.3 is 10.2 Å². The number of nitrogens with zero attached hydrogens (tertiary/aromatic N) is 1. The van der Waals surface area contributed by atoms with Crippen molar-refractivity contribution in [3.05, 3.63) is 30.6 Å². The van der Waals surface area contributed by atoms with Crippen molar-refractivity contribution in [1.82, 2.24) is 9.97 Å². The van der Waals surface area contributed by atoms with Gasteiger partial charge in [-0.25, -0.2) is 10.9 Å². The number of nitrogens with one attached hydrogen (secondary N) is 1. The van der Waals surface area contributed by atoms with Crippen LogP contribution in [0.15, 0.2) is 30.6 Å². The number of benzene rings is 1. The molecular weight excluding hydrogens is 142 g/mol. The SMILES string of the molecule is NO.c1ccc2[nH]cnc2c1. The van der Waals surface area contributed by atoms with Crippen molar-refractivity contribution in [2.24, 2.45) is 5.90 Å². The average molecular weight is 151 g/mol. The van der Waals surface area contributed by atoms with Crippen LogP contribution >= 0.6 is 0 Å². The molecule has 0 saturated carbocycles. The Balaban J connectivity index is 0.000000281. The van der Waals surface area contributed by atoms with E-state index in [0.29, 0.717) is 0 Å². The highest BCUT2D eigenvalue weighted by molar-refractivity contribution is 5.73. The topological polar surface area (TPSA) is 74.9 Å². The number of nitrogens with two attached hydrogens (primary N) is 1. The minimum Gasteiger partial charge on any atom is -0.345 e. The van der Waals surface area contributed by atoms with Crippen LogP contribution < -0.4 is 5.90 Å². The molecule has 58 valence electrons. The van der Waals surface area contributed by atoms with Gasteiger partial charge in [0.1, 0.15) is 0 Å². The molecule has 4 heteroatoms. The second kappa shape index (κ2) is 3.70. The zero-order valence-corrected chi connectivity index (χ0v) is 5.86. The van der Waals surface area contributed by atoms with Gasteiger partial charge in [0.05, 0.1) is 17.4 Å². The smallest absolute Gasteiger partial charge is 0.0931 e. The molecule has 0 spiro atoms. The molecule has 0 aliphatic heterocycles. The van der Waals surface area contributed by atoms with Crippen LogP contribution in [-0.2, 0) is 0 Å². The number of aromatic amines is 1. The lowest BCUT2D eigenvalue weighted by Crippen LogP contribution is -1.72. The van der Waals surface area contributed by atoms with Crippen LogP contribution in [0.3, 0.4) is 0 Å². The molecule has 4 N–H and O–H groups in total. The molecule has 1 heterocycles. The highest BCUT2D eigenvalue weighted by atomic mass is 16.4. The zero-order valence-electron chi connectivity index (χ0n) is 5.86. The Labute approximate surface area is 63.6 Å². The van der Waals surface area contributed by atoms with Crippen molar-refractivity contribution in [2.45, 2.75) is 0 Å². The minimum atomic E-state index is 1.03. The standard InChI is InChI=1S/C7H6N2.H3NO/c1-2-4-7-6(3-1)8-5-9-7;1-2/h1-5H,(H,8,9);2H,1H2. The Morgan fingerprint density at radius 2 is 2.00 bits per heavy atom. The van der Waals surface area contributed by atoms with Gasteiger partial charge in [-0.1, -0.05) is 12.1 Å². The number of H-pyrrole nitrogens is 1. The fourth-order valence-corrected chi connectivity index (χ4v) is 0.880. The normalized spacial score (nSPS) is 8.91. The molecule has 2 aromatic rings. The zero-order chi connectivity index (χ0) is 8.10. The van der Waals surface area contributed by atoms with Crippen LogP contribution in [0.5, 0.6) is 0 Å². The first-order valence-corrected chi connectivity index (χ1v) is 3.11. The van der Waals surface area contributed by atoms with E-state index in [1.807, 2.05) is 24.3 Å². The van der Waals surface area contributed by atoms with Gasteiger partial charge in [-0.05, 0) is 12.1 Å². The van der Waals surface area contributed by atoms with E-state index in [2.05, 4.69) is 15.9 Å². The summed E-state index contributed by atoms with van der Waals surface area (Å²) in [5.74, 6) is 3.50. The molecule has 1 aromatic carbocycles. The van der Waals surface area contributed by atoms with Crippen molar-refractivity contribution in [3.63, 3.8) is 0 Å². The highest BCUT2D eigenvalue weighted by Crippen LogP contribution is 2.05. The summed E-state index contributed by atoms with van der Waals surface area (Å²) in [5, 5.41) is 6.50. The van der Waals surface area contributed by atoms with E-state index in [4.69, 9.17) is 5.21 Å². The monoisotopic (exact) mass is 151 g/mol. The van der Waals surface area contributed by atoms with Crippen LogP contribution in [0, 0.1) is 0 Å². The number of fused-ring (bicyclic) bond motifs is 1. The average Bonchev–Trinajstić information content (AvgIpc) is 2.55. The molecule has 0 aliphatic carbocycles. The van der Waals surface area contributed by atoms with Crippen molar-refractivity contribution in [2.75, 3.05) is 0 Å². The molecule has 1 aromatic heterocycles. The Hall–Kier alpha value is -1.39. The third-order valence-electron chi connectivity index (χ3n) is 1.33. The molecule has 2 rings (SSSR count). The third kappa shape index (κ3) is 1.54. The van der Waals surface area contributed by atoms with Crippen LogP contribution in [0.2, 0.25) is 0 Å². The first-order valence-electron chi connectivity index (χ1n) is 3.11. The molecule has 0 fully saturated rings. The molecular formula is C7H9N3O. The summed E-state index contributed by atoms with van der Waals surface area (Å²) < 4.78 is 0. The summed E-state index contributed by atoms with van der Waals surface area (Å²) in [6, 6.07) is 7.94. The maximum Gasteiger partial charge on any atom is 0.0931 e.